The van der Waals surface area contributed by atoms with E-state index in [1.54, 1.807) is 31.3 Å². The lowest BCUT2D eigenvalue weighted by Crippen LogP contribution is -2.13. The molecule has 16 heavy (non-hydrogen) atoms. The van der Waals surface area contributed by atoms with Gasteiger partial charge in [0, 0.05) is 23.0 Å². The van der Waals surface area contributed by atoms with Gasteiger partial charge in [0.1, 0.15) is 5.69 Å². The summed E-state index contributed by atoms with van der Waals surface area (Å²) in [5.74, 6) is 0. The second kappa shape index (κ2) is 3.83. The average Bonchev–Trinajstić information content (AvgIpc) is 2.58. The molecule has 0 amide bonds. The number of hydrogen-bond acceptors (Lipinski definition) is 1. The summed E-state index contributed by atoms with van der Waals surface area (Å²) < 4.78 is 38.3. The minimum atomic E-state index is -4.34. The van der Waals surface area contributed by atoms with E-state index < -0.39 is 11.9 Å². The first kappa shape index (κ1) is 11.0. The van der Waals surface area contributed by atoms with Crippen LogP contribution in [0.1, 0.15) is 11.3 Å². The third kappa shape index (κ3) is 1.78. The van der Waals surface area contributed by atoms with Crippen molar-refractivity contribution >= 4 is 10.9 Å². The maximum absolute atomic E-state index is 12.8. The Bertz CT molecular complexity index is 499. The number of alkyl halides is 3. The highest BCUT2D eigenvalue weighted by molar-refractivity contribution is 5.84. The smallest absolute Gasteiger partial charge is 0.351 e. The highest BCUT2D eigenvalue weighted by Crippen LogP contribution is 2.35. The van der Waals surface area contributed by atoms with E-state index in [-0.39, 0.29) is 12.1 Å². The summed E-state index contributed by atoms with van der Waals surface area (Å²) in [6, 6.07) is 6.77. The molecule has 0 aliphatic carbocycles. The predicted octanol–water partition coefficient (Wildman–Crippen LogP) is 2.91. The van der Waals surface area contributed by atoms with Gasteiger partial charge in [-0.05, 0) is 13.1 Å². The fourth-order valence-electron chi connectivity index (χ4n) is 1.80. The predicted molar refractivity (Wildman–Crippen MR) is 56.1 cm³/mol. The standard InChI is InChI=1S/C11H11F3N2/c1-15-6-8-7-4-2-3-5-9(7)16-10(8)11(12,13)14/h2-5,15-16H,6H2,1H3. The molecule has 5 heteroatoms. The van der Waals surface area contributed by atoms with Crippen molar-refractivity contribution in [1.29, 1.82) is 0 Å². The van der Waals surface area contributed by atoms with E-state index in [1.807, 2.05) is 0 Å². The van der Waals surface area contributed by atoms with Gasteiger partial charge in [0.2, 0.25) is 0 Å². The van der Waals surface area contributed by atoms with Gasteiger partial charge in [0.25, 0.3) is 0 Å². The molecular weight excluding hydrogens is 217 g/mol. The van der Waals surface area contributed by atoms with Crippen LogP contribution in [0.25, 0.3) is 10.9 Å². The monoisotopic (exact) mass is 228 g/mol. The molecule has 2 N–H and O–H groups in total. The minimum Gasteiger partial charge on any atom is -0.351 e. The van der Waals surface area contributed by atoms with Crippen LogP contribution in [0.15, 0.2) is 24.3 Å². The number of H-pyrrole nitrogens is 1. The third-order valence-electron chi connectivity index (χ3n) is 2.45. The molecule has 0 atom stereocenters. The van der Waals surface area contributed by atoms with E-state index in [4.69, 9.17) is 0 Å². The van der Waals surface area contributed by atoms with Crippen molar-refractivity contribution in [2.75, 3.05) is 7.05 Å². The van der Waals surface area contributed by atoms with Crippen LogP contribution in [0.5, 0.6) is 0 Å². The van der Waals surface area contributed by atoms with Gasteiger partial charge in [-0.15, -0.1) is 0 Å². The van der Waals surface area contributed by atoms with Crippen LogP contribution >= 0.6 is 0 Å². The number of fused-ring (bicyclic) bond motifs is 1. The lowest BCUT2D eigenvalue weighted by molar-refractivity contribution is -0.141. The van der Waals surface area contributed by atoms with Crippen LogP contribution in [-0.4, -0.2) is 12.0 Å². The number of hydrogen-bond donors (Lipinski definition) is 2. The molecular formula is C11H11F3N2. The lowest BCUT2D eigenvalue weighted by atomic mass is 10.1. The molecule has 1 aromatic carbocycles. The Morgan fingerprint density at radius 3 is 2.56 bits per heavy atom. The molecule has 1 aromatic heterocycles. The maximum atomic E-state index is 12.8. The van der Waals surface area contributed by atoms with Crippen LogP contribution in [0, 0.1) is 0 Å². The van der Waals surface area contributed by atoms with Crippen molar-refractivity contribution in [3.63, 3.8) is 0 Å². The molecule has 0 unspecified atom stereocenters. The van der Waals surface area contributed by atoms with Gasteiger partial charge < -0.3 is 10.3 Å². The van der Waals surface area contributed by atoms with E-state index in [9.17, 15) is 13.2 Å². The number of aromatic nitrogens is 1. The summed E-state index contributed by atoms with van der Waals surface area (Å²) in [6.07, 6.45) is -4.34. The number of para-hydroxylation sites is 1. The molecule has 1 heterocycles. The van der Waals surface area contributed by atoms with E-state index in [0.29, 0.717) is 10.9 Å². The second-order valence-corrected chi connectivity index (χ2v) is 3.55. The van der Waals surface area contributed by atoms with E-state index >= 15 is 0 Å². The van der Waals surface area contributed by atoms with Gasteiger partial charge in [0.05, 0.1) is 0 Å². The Morgan fingerprint density at radius 1 is 1.25 bits per heavy atom. The zero-order valence-corrected chi connectivity index (χ0v) is 8.65. The lowest BCUT2D eigenvalue weighted by Gasteiger charge is -2.07. The molecule has 0 bridgehead atoms. The van der Waals surface area contributed by atoms with Gasteiger partial charge in [-0.25, -0.2) is 0 Å². The van der Waals surface area contributed by atoms with Crippen LogP contribution in [0.4, 0.5) is 13.2 Å². The summed E-state index contributed by atoms with van der Waals surface area (Å²) in [6.45, 7) is 0.193. The number of halogens is 3. The van der Waals surface area contributed by atoms with Gasteiger partial charge >= 0.3 is 6.18 Å². The fourth-order valence-corrected chi connectivity index (χ4v) is 1.80. The average molecular weight is 228 g/mol. The van der Waals surface area contributed by atoms with E-state index in [0.717, 1.165) is 0 Å². The molecule has 2 nitrogen and oxygen atoms in total. The zero-order valence-electron chi connectivity index (χ0n) is 8.65. The fraction of sp³-hybridized carbons (Fsp3) is 0.273. The highest BCUT2D eigenvalue weighted by Gasteiger charge is 2.35. The summed E-state index contributed by atoms with van der Waals surface area (Å²) in [7, 11) is 1.63. The molecule has 0 spiro atoms. The van der Waals surface area contributed by atoms with Gasteiger partial charge in [-0.2, -0.15) is 13.2 Å². The normalized spacial score (nSPS) is 12.2. The Morgan fingerprint density at radius 2 is 1.94 bits per heavy atom. The van der Waals surface area contributed by atoms with Crippen molar-refractivity contribution in [2.24, 2.45) is 0 Å². The Balaban J connectivity index is 2.68. The molecule has 0 aliphatic heterocycles. The Hall–Kier alpha value is -1.49. The zero-order chi connectivity index (χ0) is 11.8. The Labute approximate surface area is 90.5 Å². The van der Waals surface area contributed by atoms with Crippen molar-refractivity contribution in [1.82, 2.24) is 10.3 Å². The molecule has 0 radical (unpaired) electrons. The summed E-state index contributed by atoms with van der Waals surface area (Å²) in [5, 5.41) is 3.37. The summed E-state index contributed by atoms with van der Waals surface area (Å²) >= 11 is 0. The Kier molecular flexibility index (Phi) is 2.63. The molecule has 86 valence electrons. The number of nitrogens with one attached hydrogen (secondary N) is 2. The van der Waals surface area contributed by atoms with Gasteiger partial charge in [0.15, 0.2) is 0 Å². The van der Waals surface area contributed by atoms with E-state index in [1.165, 1.54) is 0 Å². The quantitative estimate of drug-likeness (QED) is 0.812. The highest BCUT2D eigenvalue weighted by atomic mass is 19.4. The topological polar surface area (TPSA) is 27.8 Å². The third-order valence-corrected chi connectivity index (χ3v) is 2.45. The SMILES string of the molecule is CNCc1c(C(F)(F)F)[nH]c2ccccc12. The number of aromatic amines is 1. The van der Waals surface area contributed by atoms with Crippen molar-refractivity contribution in [2.45, 2.75) is 12.7 Å². The molecule has 0 aliphatic rings. The van der Waals surface area contributed by atoms with Crippen molar-refractivity contribution in [3.8, 4) is 0 Å². The minimum absolute atomic E-state index is 0.193. The first-order valence-electron chi connectivity index (χ1n) is 4.85. The molecule has 2 rings (SSSR count). The first-order chi connectivity index (χ1) is 7.54. The van der Waals surface area contributed by atoms with Gasteiger partial charge in [-0.1, -0.05) is 18.2 Å². The molecule has 2 aromatic rings. The van der Waals surface area contributed by atoms with Crippen LogP contribution in [0.2, 0.25) is 0 Å². The van der Waals surface area contributed by atoms with Crippen LogP contribution in [0.3, 0.4) is 0 Å². The number of benzene rings is 1. The molecule has 0 saturated heterocycles. The maximum Gasteiger partial charge on any atom is 0.431 e. The summed E-state index contributed by atoms with van der Waals surface area (Å²) in [5.41, 5.74) is 0.119. The molecule has 0 fully saturated rings. The van der Waals surface area contributed by atoms with Crippen LogP contribution < -0.4 is 5.32 Å². The van der Waals surface area contributed by atoms with Crippen LogP contribution in [-0.2, 0) is 12.7 Å². The van der Waals surface area contributed by atoms with Crippen molar-refractivity contribution in [3.05, 3.63) is 35.5 Å². The summed E-state index contributed by atoms with van der Waals surface area (Å²) in [4.78, 5) is 2.42. The molecule has 0 saturated carbocycles. The first-order valence-corrected chi connectivity index (χ1v) is 4.85. The van der Waals surface area contributed by atoms with E-state index in [2.05, 4.69) is 10.3 Å². The van der Waals surface area contributed by atoms with Crippen molar-refractivity contribution < 1.29 is 13.2 Å². The second-order valence-electron chi connectivity index (χ2n) is 3.55. The number of rotatable bonds is 2. The van der Waals surface area contributed by atoms with Gasteiger partial charge in [-0.3, -0.25) is 0 Å². The largest absolute Gasteiger partial charge is 0.431 e.